The maximum atomic E-state index is 9.21. The van der Waals surface area contributed by atoms with Gasteiger partial charge in [0.1, 0.15) is 5.76 Å². The second kappa shape index (κ2) is 4.00. The molecular formula is C12H12N2O2. The van der Waals surface area contributed by atoms with Crippen molar-refractivity contribution in [2.24, 2.45) is 5.41 Å². The number of rotatable bonds is 3. The summed E-state index contributed by atoms with van der Waals surface area (Å²) in [6.07, 6.45) is 1.92. The molecule has 82 valence electrons. The number of ether oxygens (including phenoxy) is 1. The maximum Gasteiger partial charge on any atom is 0.179 e. The summed E-state index contributed by atoms with van der Waals surface area (Å²) < 4.78 is 10.7. The van der Waals surface area contributed by atoms with Crippen LogP contribution < -0.4 is 0 Å². The van der Waals surface area contributed by atoms with Crippen LogP contribution in [0.1, 0.15) is 25.0 Å². The summed E-state index contributed by atoms with van der Waals surface area (Å²) in [5, 5.41) is 18.4. The second-order valence-electron chi connectivity index (χ2n) is 3.84. The lowest BCUT2D eigenvalue weighted by Crippen LogP contribution is -2.51. The van der Waals surface area contributed by atoms with Gasteiger partial charge in [0, 0.05) is 6.61 Å². The van der Waals surface area contributed by atoms with E-state index in [0.717, 1.165) is 0 Å². The van der Waals surface area contributed by atoms with E-state index in [1.54, 1.807) is 18.4 Å². The lowest BCUT2D eigenvalue weighted by Gasteiger charge is -2.45. The van der Waals surface area contributed by atoms with Gasteiger partial charge in [0.05, 0.1) is 30.4 Å². The predicted octanol–water partition coefficient (Wildman–Crippen LogP) is 2.21. The van der Waals surface area contributed by atoms with Gasteiger partial charge in [0.25, 0.3) is 0 Å². The predicted molar refractivity (Wildman–Crippen MR) is 55.1 cm³/mol. The van der Waals surface area contributed by atoms with Crippen molar-refractivity contribution in [2.45, 2.75) is 25.4 Å². The summed E-state index contributed by atoms with van der Waals surface area (Å²) in [5.41, 5.74) is -1.09. The Morgan fingerprint density at radius 1 is 1.56 bits per heavy atom. The van der Waals surface area contributed by atoms with Gasteiger partial charge in [-0.3, -0.25) is 0 Å². The van der Waals surface area contributed by atoms with E-state index in [-0.39, 0.29) is 12.0 Å². The third-order valence-electron chi connectivity index (χ3n) is 3.13. The van der Waals surface area contributed by atoms with E-state index in [1.165, 1.54) is 0 Å². The molecule has 2 atom stereocenters. The van der Waals surface area contributed by atoms with Crippen LogP contribution in [0.15, 0.2) is 22.8 Å². The highest BCUT2D eigenvalue weighted by Gasteiger charge is 2.59. The molecule has 0 aliphatic heterocycles. The molecular weight excluding hydrogens is 204 g/mol. The van der Waals surface area contributed by atoms with Crippen LogP contribution in [0.25, 0.3) is 0 Å². The molecule has 0 N–H and O–H groups in total. The zero-order valence-electron chi connectivity index (χ0n) is 9.01. The Morgan fingerprint density at radius 2 is 2.31 bits per heavy atom. The quantitative estimate of drug-likeness (QED) is 0.776. The van der Waals surface area contributed by atoms with Crippen LogP contribution in [0, 0.1) is 28.1 Å². The Kier molecular flexibility index (Phi) is 2.68. The van der Waals surface area contributed by atoms with E-state index in [2.05, 4.69) is 12.1 Å². The van der Waals surface area contributed by atoms with E-state index in [4.69, 9.17) is 9.15 Å². The molecule has 0 aromatic carbocycles. The van der Waals surface area contributed by atoms with E-state index in [9.17, 15) is 10.5 Å². The normalized spacial score (nSPS) is 26.4. The fourth-order valence-corrected chi connectivity index (χ4v) is 2.21. The molecule has 0 radical (unpaired) electrons. The van der Waals surface area contributed by atoms with Crippen molar-refractivity contribution in [1.29, 1.82) is 10.5 Å². The first-order chi connectivity index (χ1) is 7.78. The van der Waals surface area contributed by atoms with Crippen LogP contribution in [0.3, 0.4) is 0 Å². The largest absolute Gasteiger partial charge is 0.469 e. The van der Waals surface area contributed by atoms with Gasteiger partial charge in [-0.15, -0.1) is 0 Å². The molecule has 0 unspecified atom stereocenters. The summed E-state index contributed by atoms with van der Waals surface area (Å²) in [5.74, 6) is 0.521. The number of nitriles is 2. The molecule has 1 aliphatic rings. The monoisotopic (exact) mass is 216 g/mol. The van der Waals surface area contributed by atoms with Crippen molar-refractivity contribution >= 4 is 0 Å². The first-order valence-corrected chi connectivity index (χ1v) is 5.26. The molecule has 1 saturated carbocycles. The van der Waals surface area contributed by atoms with Gasteiger partial charge in [-0.1, -0.05) is 0 Å². The van der Waals surface area contributed by atoms with Crippen molar-refractivity contribution in [3.63, 3.8) is 0 Å². The Bertz CT molecular complexity index is 425. The van der Waals surface area contributed by atoms with E-state index >= 15 is 0 Å². The molecule has 1 heterocycles. The molecule has 1 aromatic heterocycles. The van der Waals surface area contributed by atoms with Crippen LogP contribution in [-0.4, -0.2) is 12.7 Å². The van der Waals surface area contributed by atoms with Gasteiger partial charge in [0.15, 0.2) is 5.41 Å². The van der Waals surface area contributed by atoms with E-state index in [0.29, 0.717) is 18.8 Å². The van der Waals surface area contributed by atoms with Crippen molar-refractivity contribution < 1.29 is 9.15 Å². The lowest BCUT2D eigenvalue weighted by atomic mass is 9.58. The molecule has 16 heavy (non-hydrogen) atoms. The molecule has 1 aromatic rings. The second-order valence-corrected chi connectivity index (χ2v) is 3.84. The van der Waals surface area contributed by atoms with Crippen LogP contribution in [0.4, 0.5) is 0 Å². The van der Waals surface area contributed by atoms with Gasteiger partial charge < -0.3 is 9.15 Å². The number of furan rings is 1. The molecule has 1 aliphatic carbocycles. The zero-order chi connectivity index (χ0) is 11.6. The number of nitrogens with zero attached hydrogens (tertiary/aromatic N) is 2. The summed E-state index contributed by atoms with van der Waals surface area (Å²) in [6, 6.07) is 7.75. The molecule has 4 nitrogen and oxygen atoms in total. The third kappa shape index (κ3) is 1.31. The van der Waals surface area contributed by atoms with E-state index in [1.807, 2.05) is 6.92 Å². The van der Waals surface area contributed by atoms with Crippen LogP contribution >= 0.6 is 0 Å². The lowest BCUT2D eigenvalue weighted by molar-refractivity contribution is -0.0724. The maximum absolute atomic E-state index is 9.21. The number of hydrogen-bond donors (Lipinski definition) is 0. The minimum absolute atomic E-state index is 0.172. The standard InChI is InChI=1S/C12H12N2O2/c1-2-15-11-6-9(10-4-3-5-16-10)12(11,7-13)8-14/h3-5,9,11H,2,6H2,1H3/t9-,11-/m1/s1. The molecule has 0 amide bonds. The van der Waals surface area contributed by atoms with Crippen molar-refractivity contribution in [1.82, 2.24) is 0 Å². The Hall–Kier alpha value is -1.78. The summed E-state index contributed by atoms with van der Waals surface area (Å²) in [6.45, 7) is 2.38. The first kappa shape index (κ1) is 10.7. The summed E-state index contributed by atoms with van der Waals surface area (Å²) in [4.78, 5) is 0. The van der Waals surface area contributed by atoms with Crippen molar-refractivity contribution in [2.75, 3.05) is 6.61 Å². The van der Waals surface area contributed by atoms with Gasteiger partial charge in [-0.25, -0.2) is 0 Å². The first-order valence-electron chi connectivity index (χ1n) is 5.26. The van der Waals surface area contributed by atoms with Gasteiger partial charge >= 0.3 is 0 Å². The van der Waals surface area contributed by atoms with Gasteiger partial charge in [-0.2, -0.15) is 10.5 Å². The smallest absolute Gasteiger partial charge is 0.179 e. The minimum atomic E-state index is -1.09. The van der Waals surface area contributed by atoms with E-state index < -0.39 is 5.41 Å². The fourth-order valence-electron chi connectivity index (χ4n) is 2.21. The minimum Gasteiger partial charge on any atom is -0.469 e. The molecule has 1 fully saturated rings. The number of hydrogen-bond acceptors (Lipinski definition) is 4. The molecule has 4 heteroatoms. The molecule has 0 bridgehead atoms. The third-order valence-corrected chi connectivity index (χ3v) is 3.13. The Morgan fingerprint density at radius 3 is 2.81 bits per heavy atom. The van der Waals surface area contributed by atoms with Gasteiger partial charge in [0.2, 0.25) is 0 Å². The highest BCUT2D eigenvalue weighted by molar-refractivity contribution is 5.34. The highest BCUT2D eigenvalue weighted by Crippen LogP contribution is 2.53. The van der Waals surface area contributed by atoms with Gasteiger partial charge in [-0.05, 0) is 25.5 Å². The average molecular weight is 216 g/mol. The topological polar surface area (TPSA) is 69.9 Å². The Balaban J connectivity index is 2.26. The Labute approximate surface area is 94.0 Å². The SMILES string of the molecule is CCO[C@@H]1C[C@H](c2ccco2)C1(C#N)C#N. The summed E-state index contributed by atoms with van der Waals surface area (Å²) in [7, 11) is 0. The fraction of sp³-hybridized carbons (Fsp3) is 0.500. The van der Waals surface area contributed by atoms with Crippen LogP contribution in [0.2, 0.25) is 0 Å². The van der Waals surface area contributed by atoms with Crippen molar-refractivity contribution in [3.05, 3.63) is 24.2 Å². The average Bonchev–Trinajstić information content (AvgIpc) is 2.79. The molecule has 0 spiro atoms. The zero-order valence-corrected chi connectivity index (χ0v) is 9.01. The van der Waals surface area contributed by atoms with Crippen LogP contribution in [-0.2, 0) is 4.74 Å². The highest BCUT2D eigenvalue weighted by atomic mass is 16.5. The molecule has 2 rings (SSSR count). The summed E-state index contributed by atoms with van der Waals surface area (Å²) >= 11 is 0. The van der Waals surface area contributed by atoms with Crippen molar-refractivity contribution in [3.8, 4) is 12.1 Å². The van der Waals surface area contributed by atoms with Crippen LogP contribution in [0.5, 0.6) is 0 Å². The molecule has 0 saturated heterocycles.